The van der Waals surface area contributed by atoms with E-state index in [4.69, 9.17) is 4.99 Å². The van der Waals surface area contributed by atoms with Gasteiger partial charge in [-0.2, -0.15) is 0 Å². The van der Waals surface area contributed by atoms with Crippen molar-refractivity contribution >= 4 is 33.5 Å². The van der Waals surface area contributed by atoms with E-state index in [-0.39, 0.29) is 10.7 Å². The van der Waals surface area contributed by atoms with Crippen LogP contribution >= 0.6 is 11.3 Å². The average Bonchev–Trinajstić information content (AvgIpc) is 2.88. The highest BCUT2D eigenvalue weighted by Crippen LogP contribution is 2.48. The molecule has 0 N–H and O–H groups in total. The Kier molecular flexibility index (Phi) is 4.19. The predicted molar refractivity (Wildman–Crippen MR) is 99.0 cm³/mol. The fourth-order valence-electron chi connectivity index (χ4n) is 3.37. The highest BCUT2D eigenvalue weighted by molar-refractivity contribution is 7.16. The Balaban J connectivity index is 1.91. The van der Waals surface area contributed by atoms with Crippen LogP contribution in [0.1, 0.15) is 10.4 Å². The van der Waals surface area contributed by atoms with Crippen LogP contribution in [0.15, 0.2) is 35.3 Å². The lowest BCUT2D eigenvalue weighted by Crippen LogP contribution is -2.47. The van der Waals surface area contributed by atoms with E-state index in [1.165, 1.54) is 6.07 Å². The largest absolute Gasteiger partial charge is 0.490 e. The number of nitrogens with zero attached hydrogens (tertiary/aromatic N) is 4. The third-order valence-electron chi connectivity index (χ3n) is 4.69. The molecule has 138 valence electrons. The quantitative estimate of drug-likeness (QED) is 0.635. The smallest absolute Gasteiger partial charge is 0.353 e. The fraction of sp³-hybridized carbons (Fsp3) is 0.389. The highest BCUT2D eigenvalue weighted by atomic mass is 32.1. The number of rotatable bonds is 0. The van der Waals surface area contributed by atoms with Gasteiger partial charge < -0.3 is 9.80 Å². The van der Waals surface area contributed by atoms with Crippen LogP contribution in [0.4, 0.5) is 29.5 Å². The number of aliphatic imine (C=N–C) groups is 1. The molecular formula is C18H19F3N4S. The molecule has 1 aromatic carbocycles. The van der Waals surface area contributed by atoms with E-state index >= 15 is 0 Å². The second-order valence-corrected chi connectivity index (χ2v) is 7.83. The molecule has 0 bridgehead atoms. The van der Waals surface area contributed by atoms with Crippen LogP contribution in [-0.2, 0) is 0 Å². The Morgan fingerprint density at radius 1 is 1.08 bits per heavy atom. The zero-order valence-electron chi connectivity index (χ0n) is 14.5. The van der Waals surface area contributed by atoms with Crippen LogP contribution in [0.2, 0.25) is 0 Å². The van der Waals surface area contributed by atoms with Crippen molar-refractivity contribution in [2.75, 3.05) is 38.1 Å². The Morgan fingerprint density at radius 2 is 1.77 bits per heavy atom. The summed E-state index contributed by atoms with van der Waals surface area (Å²) in [6.45, 7) is 5.06. The monoisotopic (exact) mass is 380 g/mol. The zero-order valence-corrected chi connectivity index (χ0v) is 15.4. The third-order valence-corrected chi connectivity index (χ3v) is 5.72. The number of thiophene rings is 1. The maximum atomic E-state index is 14.0. The summed E-state index contributed by atoms with van der Waals surface area (Å²) in [5, 5.41) is 0.192. The average molecular weight is 380 g/mol. The first kappa shape index (κ1) is 17.4. The second kappa shape index (κ2) is 6.28. The molecule has 1 aromatic heterocycles. The van der Waals surface area contributed by atoms with Crippen LogP contribution in [0.25, 0.3) is 0 Å². The lowest BCUT2D eigenvalue weighted by atomic mass is 10.2. The van der Waals surface area contributed by atoms with Crippen LogP contribution < -0.4 is 4.90 Å². The number of halogens is 3. The molecule has 4 rings (SSSR count). The van der Waals surface area contributed by atoms with Gasteiger partial charge in [-0.3, -0.25) is 0 Å². The maximum Gasteiger partial charge on any atom is 0.490 e. The lowest BCUT2D eigenvalue weighted by molar-refractivity contribution is -0.120. The number of hydrogen-bond acceptors (Lipinski definition) is 5. The van der Waals surface area contributed by atoms with Gasteiger partial charge in [-0.15, -0.1) is 24.5 Å². The van der Waals surface area contributed by atoms with Gasteiger partial charge in [-0.1, -0.05) is 12.1 Å². The molecule has 0 radical (unpaired) electrons. The predicted octanol–water partition coefficient (Wildman–Crippen LogP) is 4.35. The van der Waals surface area contributed by atoms with Crippen LogP contribution in [0.5, 0.6) is 0 Å². The molecule has 2 aliphatic heterocycles. The molecule has 2 aliphatic rings. The number of fused-ring (bicyclic) bond motifs is 2. The Labute approximate surface area is 154 Å². The molecule has 26 heavy (non-hydrogen) atoms. The Hall–Kier alpha value is -2.06. The summed E-state index contributed by atoms with van der Waals surface area (Å²) in [5.41, 5.74) is 0.984. The lowest BCUT2D eigenvalue weighted by Gasteiger charge is -2.34. The number of aryl methyl sites for hydroxylation is 1. The molecule has 0 spiro atoms. The molecule has 0 saturated carbocycles. The minimum Gasteiger partial charge on any atom is -0.353 e. The van der Waals surface area contributed by atoms with Gasteiger partial charge in [0, 0.05) is 31.1 Å². The summed E-state index contributed by atoms with van der Waals surface area (Å²) in [7, 11) is 2.05. The number of amidine groups is 1. The van der Waals surface area contributed by atoms with Gasteiger partial charge in [-0.05, 0) is 32.2 Å². The minimum absolute atomic E-state index is 0.0761. The molecule has 0 amide bonds. The Bertz CT molecular complexity index is 850. The highest BCUT2D eigenvalue weighted by Gasteiger charge is 2.44. The molecule has 0 aliphatic carbocycles. The number of piperazine rings is 1. The van der Waals surface area contributed by atoms with Gasteiger partial charge in [0.25, 0.3) is 0 Å². The van der Waals surface area contributed by atoms with Gasteiger partial charge in [0.15, 0.2) is 0 Å². The zero-order chi connectivity index (χ0) is 18.5. The summed E-state index contributed by atoms with van der Waals surface area (Å²) >= 11 is 1.16. The number of para-hydroxylation sites is 2. The molecule has 0 unspecified atom stereocenters. The van der Waals surface area contributed by atoms with Crippen molar-refractivity contribution in [3.8, 4) is 0 Å². The van der Waals surface area contributed by atoms with Gasteiger partial charge in [-0.25, -0.2) is 9.89 Å². The van der Waals surface area contributed by atoms with Gasteiger partial charge >= 0.3 is 6.30 Å². The van der Waals surface area contributed by atoms with Crippen molar-refractivity contribution in [1.82, 2.24) is 9.80 Å². The first-order chi connectivity index (χ1) is 12.3. The number of likely N-dealkylation sites (N-methyl/N-ethyl adjacent to an activating group) is 1. The van der Waals surface area contributed by atoms with E-state index in [2.05, 4.69) is 9.80 Å². The third kappa shape index (κ3) is 2.97. The van der Waals surface area contributed by atoms with E-state index in [0.29, 0.717) is 22.0 Å². The standard InChI is InChI=1S/C18H19F3N4S/c1-12-11-13-16(24-9-7-23(2)8-10-24)22-14-5-3-4-6-15(14)25(17(13)26-12)18(19,20)21/h3-6,11H,7-10H2,1-2H3. The fourth-order valence-corrected chi connectivity index (χ4v) is 4.41. The van der Waals surface area contributed by atoms with Crippen LogP contribution in [-0.4, -0.2) is 55.2 Å². The number of benzene rings is 1. The molecule has 1 fully saturated rings. The first-order valence-corrected chi connectivity index (χ1v) is 9.25. The summed E-state index contributed by atoms with van der Waals surface area (Å²) in [5.74, 6) is 0.636. The summed E-state index contributed by atoms with van der Waals surface area (Å²) in [4.78, 5) is 10.3. The van der Waals surface area contributed by atoms with Gasteiger partial charge in [0.05, 0.1) is 16.9 Å². The van der Waals surface area contributed by atoms with Crippen molar-refractivity contribution in [3.05, 3.63) is 40.8 Å². The SMILES string of the molecule is Cc1cc2c(s1)N(C(F)(F)F)c1ccccc1N=C2N1CCN(C)CC1. The van der Waals surface area contributed by atoms with Crippen LogP contribution in [0.3, 0.4) is 0 Å². The summed E-state index contributed by atoms with van der Waals surface area (Å²) < 4.78 is 41.9. The van der Waals surface area contributed by atoms with E-state index in [1.54, 1.807) is 18.2 Å². The Morgan fingerprint density at radius 3 is 2.46 bits per heavy atom. The van der Waals surface area contributed by atoms with Crippen molar-refractivity contribution in [2.45, 2.75) is 13.2 Å². The minimum atomic E-state index is -4.52. The summed E-state index contributed by atoms with van der Waals surface area (Å²) in [6.07, 6.45) is -4.52. The molecule has 2 aromatic rings. The van der Waals surface area contributed by atoms with Crippen molar-refractivity contribution in [2.24, 2.45) is 4.99 Å². The van der Waals surface area contributed by atoms with Crippen molar-refractivity contribution in [3.63, 3.8) is 0 Å². The molecule has 3 heterocycles. The molecular weight excluding hydrogens is 361 g/mol. The van der Waals surface area contributed by atoms with Crippen molar-refractivity contribution in [1.29, 1.82) is 0 Å². The van der Waals surface area contributed by atoms with Gasteiger partial charge in [0.1, 0.15) is 10.8 Å². The number of anilines is 2. The maximum absolute atomic E-state index is 14.0. The molecule has 0 atom stereocenters. The van der Waals surface area contributed by atoms with E-state index in [9.17, 15) is 13.2 Å². The topological polar surface area (TPSA) is 22.1 Å². The van der Waals surface area contributed by atoms with E-state index in [1.807, 2.05) is 20.0 Å². The molecule has 1 saturated heterocycles. The number of alkyl halides is 3. The summed E-state index contributed by atoms with van der Waals surface area (Å²) in [6, 6.07) is 8.30. The second-order valence-electron chi connectivity index (χ2n) is 6.59. The van der Waals surface area contributed by atoms with Crippen molar-refractivity contribution < 1.29 is 13.2 Å². The van der Waals surface area contributed by atoms with E-state index < -0.39 is 6.30 Å². The van der Waals surface area contributed by atoms with Crippen LogP contribution in [0, 0.1) is 6.92 Å². The molecule has 8 heteroatoms. The normalized spacial score (nSPS) is 18.3. The first-order valence-electron chi connectivity index (χ1n) is 8.43. The van der Waals surface area contributed by atoms with E-state index in [0.717, 1.165) is 42.4 Å². The molecule has 4 nitrogen and oxygen atoms in total. The number of hydrogen-bond donors (Lipinski definition) is 0. The van der Waals surface area contributed by atoms with Gasteiger partial charge in [0.2, 0.25) is 0 Å².